The number of nitrogens with zero attached hydrogens (tertiary/aromatic N) is 1. The molecule has 0 amide bonds. The van der Waals surface area contributed by atoms with Crippen LogP contribution >= 0.6 is 0 Å². The second-order valence-electron chi connectivity index (χ2n) is 5.15. The van der Waals surface area contributed by atoms with Crippen LogP contribution in [0.25, 0.3) is 0 Å². The maximum atomic E-state index is 11.2. The molecule has 0 radical (unpaired) electrons. The van der Waals surface area contributed by atoms with Crippen LogP contribution in [0.4, 0.5) is 5.69 Å². The molecule has 0 bridgehead atoms. The van der Waals surface area contributed by atoms with Crippen molar-refractivity contribution in [1.82, 2.24) is 0 Å². The molecule has 1 aromatic rings. The molecular weight excluding hydrogens is 377 g/mol. The number of methoxy groups -OCH3 is 1. The predicted octanol–water partition coefficient (Wildman–Crippen LogP) is 1.20. The van der Waals surface area contributed by atoms with Crippen LogP contribution in [-0.2, 0) is 19.1 Å². The minimum absolute atomic E-state index is 0.0489. The number of hydrogen-bond donors (Lipinski definition) is 0. The van der Waals surface area contributed by atoms with Crippen LogP contribution < -0.4 is 14.1 Å². The van der Waals surface area contributed by atoms with Crippen LogP contribution in [0.2, 0.25) is 0 Å². The molecule has 130 valence electrons. The zero-order valence-electron chi connectivity index (χ0n) is 14.3. The predicted molar refractivity (Wildman–Crippen MR) is 91.7 cm³/mol. The van der Waals surface area contributed by atoms with Crippen molar-refractivity contribution in [2.75, 3.05) is 31.8 Å². The van der Waals surface area contributed by atoms with Gasteiger partial charge in [-0.3, -0.25) is 0 Å². The number of esters is 2. The Bertz CT molecular complexity index is 651. The maximum absolute atomic E-state index is 11.2. The van der Waals surface area contributed by atoms with Gasteiger partial charge in [0.2, 0.25) is 0 Å². The molecular formula is C17H21NO5Se. The molecule has 1 aromatic carbocycles. The van der Waals surface area contributed by atoms with E-state index in [0.29, 0.717) is 0 Å². The summed E-state index contributed by atoms with van der Waals surface area (Å²) in [6.07, 6.45) is 0. The molecule has 2 rings (SSSR count). The van der Waals surface area contributed by atoms with Gasteiger partial charge in [0.1, 0.15) is 0 Å². The van der Waals surface area contributed by atoms with Gasteiger partial charge in [-0.15, -0.1) is 0 Å². The van der Waals surface area contributed by atoms with E-state index in [1.54, 1.807) is 7.11 Å². The fraction of sp³-hybridized carbons (Fsp3) is 0.412. The number of fused-ring (bicyclic) bond motifs is 1. The summed E-state index contributed by atoms with van der Waals surface area (Å²) in [4.78, 5) is 24.5. The van der Waals surface area contributed by atoms with E-state index >= 15 is 0 Å². The molecule has 7 heteroatoms. The van der Waals surface area contributed by atoms with Gasteiger partial charge in [-0.2, -0.15) is 0 Å². The third-order valence-corrected chi connectivity index (χ3v) is 6.09. The van der Waals surface area contributed by atoms with Crippen molar-refractivity contribution in [3.63, 3.8) is 0 Å². The first-order chi connectivity index (χ1) is 11.5. The summed E-state index contributed by atoms with van der Waals surface area (Å²) < 4.78 is 17.9. The molecule has 0 fully saturated rings. The minimum atomic E-state index is -0.358. The molecule has 24 heavy (non-hydrogen) atoms. The Balaban J connectivity index is 2.36. The van der Waals surface area contributed by atoms with E-state index in [0.717, 1.165) is 28.2 Å². The van der Waals surface area contributed by atoms with Crippen molar-refractivity contribution in [2.45, 2.75) is 20.8 Å². The van der Waals surface area contributed by atoms with Crippen molar-refractivity contribution in [1.29, 1.82) is 0 Å². The Labute approximate surface area is 147 Å². The molecule has 0 atom stereocenters. The van der Waals surface area contributed by atoms with Gasteiger partial charge in [0.15, 0.2) is 0 Å². The summed E-state index contributed by atoms with van der Waals surface area (Å²) in [7, 11) is 1.64. The summed E-state index contributed by atoms with van der Waals surface area (Å²) in [6.45, 7) is 5.81. The first-order valence-corrected chi connectivity index (χ1v) is 9.29. The fourth-order valence-corrected chi connectivity index (χ4v) is 4.86. The van der Waals surface area contributed by atoms with E-state index in [1.807, 2.05) is 12.1 Å². The van der Waals surface area contributed by atoms with E-state index in [-0.39, 0.29) is 40.1 Å². The van der Waals surface area contributed by atoms with Gasteiger partial charge >= 0.3 is 148 Å². The molecule has 0 saturated heterocycles. The zero-order valence-corrected chi connectivity index (χ0v) is 16.0. The summed E-state index contributed by atoms with van der Waals surface area (Å²) >= 11 is 0.0489. The van der Waals surface area contributed by atoms with E-state index in [1.165, 1.54) is 18.3 Å². The number of carbonyl (C=O) groups excluding carboxylic acids is 2. The zero-order chi connectivity index (χ0) is 17.7. The standard InChI is InChI=1S/C17H21NO5Se/c1-5-18-15-8-14(21-4)6-7-16(15)24-17(18)13(9-22-11(2)19)10-23-12(3)20/h6-8H,5,9-10H2,1-4H3. The Kier molecular flexibility index (Phi) is 6.29. The quantitative estimate of drug-likeness (QED) is 0.530. The average Bonchev–Trinajstić information content (AvgIpc) is 2.91. The topological polar surface area (TPSA) is 65.1 Å². The van der Waals surface area contributed by atoms with Crippen LogP contribution in [0.3, 0.4) is 0 Å². The van der Waals surface area contributed by atoms with Crippen molar-refractivity contribution in [3.8, 4) is 5.75 Å². The van der Waals surface area contributed by atoms with Gasteiger partial charge in [0.25, 0.3) is 0 Å². The number of ether oxygens (including phenoxy) is 3. The van der Waals surface area contributed by atoms with Crippen LogP contribution in [0, 0.1) is 0 Å². The molecule has 0 unspecified atom stereocenters. The average molecular weight is 398 g/mol. The Hall–Kier alpha value is -1.98. The molecule has 1 aliphatic rings. The Morgan fingerprint density at radius 1 is 1.12 bits per heavy atom. The molecule has 0 saturated carbocycles. The number of anilines is 1. The van der Waals surface area contributed by atoms with Gasteiger partial charge in [0, 0.05) is 0 Å². The van der Waals surface area contributed by atoms with Gasteiger partial charge in [0.05, 0.1) is 0 Å². The number of hydrogen-bond acceptors (Lipinski definition) is 6. The van der Waals surface area contributed by atoms with Gasteiger partial charge < -0.3 is 0 Å². The van der Waals surface area contributed by atoms with Crippen LogP contribution in [0.15, 0.2) is 28.4 Å². The summed E-state index contributed by atoms with van der Waals surface area (Å²) in [5.74, 6) is 0.0816. The molecule has 1 aliphatic heterocycles. The van der Waals surface area contributed by atoms with Crippen molar-refractivity contribution in [2.24, 2.45) is 0 Å². The third-order valence-electron chi connectivity index (χ3n) is 3.43. The van der Waals surface area contributed by atoms with Crippen LogP contribution in [0.1, 0.15) is 20.8 Å². The number of carbonyl (C=O) groups is 2. The van der Waals surface area contributed by atoms with Crippen molar-refractivity contribution >= 4 is 37.0 Å². The summed E-state index contributed by atoms with van der Waals surface area (Å²) in [5, 5.41) is 0. The second-order valence-corrected chi connectivity index (χ2v) is 7.31. The normalized spacial score (nSPS) is 12.7. The third kappa shape index (κ3) is 4.30. The van der Waals surface area contributed by atoms with E-state index in [4.69, 9.17) is 14.2 Å². The van der Waals surface area contributed by atoms with E-state index < -0.39 is 0 Å². The molecule has 0 aromatic heterocycles. The van der Waals surface area contributed by atoms with Gasteiger partial charge in [-0.05, 0) is 0 Å². The van der Waals surface area contributed by atoms with Crippen molar-refractivity contribution in [3.05, 3.63) is 28.4 Å². The second kappa shape index (κ2) is 8.22. The van der Waals surface area contributed by atoms with Crippen molar-refractivity contribution < 1.29 is 23.8 Å². The molecule has 0 spiro atoms. The first kappa shape index (κ1) is 18.4. The number of benzene rings is 1. The summed E-state index contributed by atoms with van der Waals surface area (Å²) in [6, 6.07) is 6.00. The van der Waals surface area contributed by atoms with E-state index in [2.05, 4.69) is 17.9 Å². The van der Waals surface area contributed by atoms with Crippen LogP contribution in [-0.4, -0.2) is 53.8 Å². The monoisotopic (exact) mass is 399 g/mol. The van der Waals surface area contributed by atoms with Gasteiger partial charge in [-0.25, -0.2) is 0 Å². The molecule has 6 nitrogen and oxygen atoms in total. The molecule has 0 N–H and O–H groups in total. The Morgan fingerprint density at radius 3 is 2.25 bits per heavy atom. The Morgan fingerprint density at radius 2 is 1.75 bits per heavy atom. The fourth-order valence-electron chi connectivity index (χ4n) is 2.31. The van der Waals surface area contributed by atoms with Crippen LogP contribution in [0.5, 0.6) is 5.75 Å². The summed E-state index contributed by atoms with van der Waals surface area (Å²) in [5.41, 5.74) is 1.91. The SMILES string of the molecule is CCN1C(=C(COC(C)=O)COC(C)=O)[Se]c2ccc(OC)cc21. The first-order valence-electron chi connectivity index (χ1n) is 7.58. The number of rotatable bonds is 6. The van der Waals surface area contributed by atoms with E-state index in [9.17, 15) is 9.59 Å². The molecule has 1 heterocycles. The molecule has 0 aliphatic carbocycles. The van der Waals surface area contributed by atoms with Gasteiger partial charge in [-0.1, -0.05) is 0 Å².